The van der Waals surface area contributed by atoms with Gasteiger partial charge in [-0.1, -0.05) is 12.8 Å². The van der Waals surface area contributed by atoms with Crippen LogP contribution in [0.3, 0.4) is 0 Å². The summed E-state index contributed by atoms with van der Waals surface area (Å²) in [6.07, 6.45) is 6.80. The third-order valence-corrected chi connectivity index (χ3v) is 4.60. The Labute approximate surface area is 157 Å². The zero-order valence-corrected chi connectivity index (χ0v) is 16.9. The third kappa shape index (κ3) is 7.53. The van der Waals surface area contributed by atoms with E-state index in [9.17, 15) is 0 Å². The van der Waals surface area contributed by atoms with E-state index in [0.29, 0.717) is 25.9 Å². The van der Waals surface area contributed by atoms with Crippen LogP contribution in [0.4, 0.5) is 0 Å². The van der Waals surface area contributed by atoms with E-state index in [1.807, 2.05) is 7.05 Å². The minimum atomic E-state index is 0. The normalized spacial score (nSPS) is 23.0. The second-order valence-corrected chi connectivity index (χ2v) is 6.17. The third-order valence-electron chi connectivity index (χ3n) is 4.60. The van der Waals surface area contributed by atoms with Gasteiger partial charge < -0.3 is 20.1 Å². The van der Waals surface area contributed by atoms with Gasteiger partial charge in [-0.2, -0.15) is 0 Å². The van der Waals surface area contributed by atoms with Crippen LogP contribution in [0.1, 0.15) is 32.1 Å². The highest BCUT2D eigenvalue weighted by Crippen LogP contribution is 2.26. The lowest BCUT2D eigenvalue weighted by atomic mass is 10.2. The van der Waals surface area contributed by atoms with Crippen LogP contribution in [0.2, 0.25) is 0 Å². The number of aliphatic imine (C=N–C) groups is 1. The maximum atomic E-state index is 5.44. The Kier molecular flexibility index (Phi) is 11.2. The van der Waals surface area contributed by atoms with Gasteiger partial charge in [0.1, 0.15) is 0 Å². The molecule has 2 fully saturated rings. The zero-order chi connectivity index (χ0) is 15.6. The average molecular weight is 440 g/mol. The van der Waals surface area contributed by atoms with Gasteiger partial charge in [-0.3, -0.25) is 9.89 Å². The van der Waals surface area contributed by atoms with Crippen molar-refractivity contribution in [1.82, 2.24) is 15.5 Å². The first-order valence-electron chi connectivity index (χ1n) is 8.61. The number of hydrogen-bond acceptors (Lipinski definition) is 4. The topological polar surface area (TPSA) is 58.1 Å². The van der Waals surface area contributed by atoms with Crippen molar-refractivity contribution in [3.63, 3.8) is 0 Å². The molecule has 2 N–H and O–H groups in total. The lowest BCUT2D eigenvalue weighted by Crippen LogP contribution is -2.46. The van der Waals surface area contributed by atoms with Crippen LogP contribution in [-0.4, -0.2) is 76.6 Å². The summed E-state index contributed by atoms with van der Waals surface area (Å²) in [6, 6.07) is 1.34. The van der Waals surface area contributed by atoms with Gasteiger partial charge in [0.05, 0.1) is 19.8 Å². The Balaban J connectivity index is 0.00000264. The summed E-state index contributed by atoms with van der Waals surface area (Å²) in [7, 11) is 3.51. The minimum absolute atomic E-state index is 0. The fourth-order valence-corrected chi connectivity index (χ4v) is 3.38. The molecule has 2 aliphatic rings. The van der Waals surface area contributed by atoms with Gasteiger partial charge in [0.15, 0.2) is 5.96 Å². The lowest BCUT2D eigenvalue weighted by molar-refractivity contribution is 0.0733. The summed E-state index contributed by atoms with van der Waals surface area (Å²) in [5, 5.41) is 6.85. The smallest absolute Gasteiger partial charge is 0.191 e. The number of nitrogens with one attached hydrogen (secondary N) is 2. The number of likely N-dealkylation sites (tertiary alicyclic amines) is 1. The van der Waals surface area contributed by atoms with Crippen LogP contribution in [0, 0.1) is 0 Å². The number of methoxy groups -OCH3 is 1. The SMILES string of the molecule is CN=C(NCCOCCOC)NC1CCN(C2CCCC2)C1.I. The molecule has 2 rings (SSSR count). The van der Waals surface area contributed by atoms with Crippen molar-refractivity contribution in [2.45, 2.75) is 44.2 Å². The summed E-state index contributed by atoms with van der Waals surface area (Å²) in [4.78, 5) is 6.96. The van der Waals surface area contributed by atoms with Crippen molar-refractivity contribution in [2.75, 3.05) is 53.6 Å². The molecule has 1 atom stereocenters. The molecule has 1 aliphatic heterocycles. The minimum Gasteiger partial charge on any atom is -0.382 e. The second-order valence-electron chi connectivity index (χ2n) is 6.17. The number of nitrogens with zero attached hydrogens (tertiary/aromatic N) is 2. The van der Waals surface area contributed by atoms with Crippen molar-refractivity contribution in [2.24, 2.45) is 4.99 Å². The van der Waals surface area contributed by atoms with Crippen LogP contribution < -0.4 is 10.6 Å². The van der Waals surface area contributed by atoms with Crippen molar-refractivity contribution in [3.05, 3.63) is 0 Å². The Hall–Kier alpha value is -0.120. The predicted octanol–water partition coefficient (Wildman–Crippen LogP) is 1.45. The molecule has 1 saturated heterocycles. The molecular weight excluding hydrogens is 407 g/mol. The predicted molar refractivity (Wildman–Crippen MR) is 105 cm³/mol. The van der Waals surface area contributed by atoms with Crippen LogP contribution in [-0.2, 0) is 9.47 Å². The van der Waals surface area contributed by atoms with E-state index in [4.69, 9.17) is 9.47 Å². The molecule has 0 aromatic heterocycles. The molecular formula is C16H33IN4O2. The number of rotatable bonds is 8. The highest BCUT2D eigenvalue weighted by Gasteiger charge is 2.30. The molecule has 1 saturated carbocycles. The molecule has 0 radical (unpaired) electrons. The van der Waals surface area contributed by atoms with Crippen molar-refractivity contribution in [1.29, 1.82) is 0 Å². The van der Waals surface area contributed by atoms with Gasteiger partial charge >= 0.3 is 0 Å². The van der Waals surface area contributed by atoms with Crippen LogP contribution >= 0.6 is 24.0 Å². The van der Waals surface area contributed by atoms with E-state index >= 15 is 0 Å². The van der Waals surface area contributed by atoms with Gasteiger partial charge in [0.2, 0.25) is 0 Å². The molecule has 1 aliphatic carbocycles. The Morgan fingerprint density at radius 3 is 2.65 bits per heavy atom. The first-order chi connectivity index (χ1) is 10.8. The summed E-state index contributed by atoms with van der Waals surface area (Å²) in [5.41, 5.74) is 0. The second kappa shape index (κ2) is 12.3. The fraction of sp³-hybridized carbons (Fsp3) is 0.938. The summed E-state index contributed by atoms with van der Waals surface area (Å²) >= 11 is 0. The number of halogens is 1. The molecule has 6 nitrogen and oxygen atoms in total. The summed E-state index contributed by atoms with van der Waals surface area (Å²) in [6.45, 7) is 5.09. The Morgan fingerprint density at radius 1 is 1.17 bits per heavy atom. The van der Waals surface area contributed by atoms with Gasteiger partial charge in [-0.05, 0) is 19.3 Å². The molecule has 0 bridgehead atoms. The van der Waals surface area contributed by atoms with Gasteiger partial charge in [0, 0.05) is 45.9 Å². The largest absolute Gasteiger partial charge is 0.382 e. The van der Waals surface area contributed by atoms with E-state index in [2.05, 4.69) is 20.5 Å². The number of guanidine groups is 1. The molecule has 7 heteroatoms. The quantitative estimate of drug-likeness (QED) is 0.259. The molecule has 0 aromatic rings. The molecule has 23 heavy (non-hydrogen) atoms. The average Bonchev–Trinajstić information content (AvgIpc) is 3.20. The zero-order valence-electron chi connectivity index (χ0n) is 14.6. The van der Waals surface area contributed by atoms with E-state index in [1.54, 1.807) is 7.11 Å². The lowest BCUT2D eigenvalue weighted by Gasteiger charge is -2.24. The molecule has 1 unspecified atom stereocenters. The van der Waals surface area contributed by atoms with E-state index in [1.165, 1.54) is 38.6 Å². The van der Waals surface area contributed by atoms with E-state index < -0.39 is 0 Å². The van der Waals surface area contributed by atoms with Crippen LogP contribution in [0.5, 0.6) is 0 Å². The van der Waals surface area contributed by atoms with Crippen molar-refractivity contribution in [3.8, 4) is 0 Å². The van der Waals surface area contributed by atoms with Crippen LogP contribution in [0.25, 0.3) is 0 Å². The number of hydrogen-bond donors (Lipinski definition) is 2. The molecule has 1 heterocycles. The monoisotopic (exact) mass is 440 g/mol. The Morgan fingerprint density at radius 2 is 1.96 bits per heavy atom. The molecule has 136 valence electrons. The first kappa shape index (κ1) is 20.9. The Bertz CT molecular complexity index is 338. The molecule has 0 aromatic carbocycles. The molecule has 0 amide bonds. The standard InChI is InChI=1S/C16H32N4O2.HI/c1-17-16(18-8-10-22-12-11-21-2)19-14-7-9-20(13-14)15-5-3-4-6-15;/h14-15H,3-13H2,1-2H3,(H2,17,18,19);1H. The highest BCUT2D eigenvalue weighted by atomic mass is 127. The van der Waals surface area contributed by atoms with E-state index in [0.717, 1.165) is 25.1 Å². The van der Waals surface area contributed by atoms with Gasteiger partial charge in [-0.25, -0.2) is 0 Å². The van der Waals surface area contributed by atoms with Gasteiger partial charge in [0.25, 0.3) is 0 Å². The summed E-state index contributed by atoms with van der Waals surface area (Å²) < 4.78 is 10.4. The summed E-state index contributed by atoms with van der Waals surface area (Å²) in [5.74, 6) is 0.883. The maximum Gasteiger partial charge on any atom is 0.191 e. The highest BCUT2D eigenvalue weighted by molar-refractivity contribution is 14.0. The van der Waals surface area contributed by atoms with Crippen LogP contribution in [0.15, 0.2) is 4.99 Å². The van der Waals surface area contributed by atoms with Gasteiger partial charge in [-0.15, -0.1) is 24.0 Å². The molecule has 0 spiro atoms. The fourth-order valence-electron chi connectivity index (χ4n) is 3.38. The van der Waals surface area contributed by atoms with Crippen molar-refractivity contribution < 1.29 is 9.47 Å². The number of ether oxygens (including phenoxy) is 2. The maximum absolute atomic E-state index is 5.44. The van der Waals surface area contributed by atoms with Crippen molar-refractivity contribution >= 4 is 29.9 Å². The van der Waals surface area contributed by atoms with E-state index in [-0.39, 0.29) is 24.0 Å². The first-order valence-corrected chi connectivity index (χ1v) is 8.61.